The van der Waals surface area contributed by atoms with E-state index in [9.17, 15) is 13.2 Å². The second-order valence-corrected chi connectivity index (χ2v) is 10.9. The van der Waals surface area contributed by atoms with E-state index in [-0.39, 0.29) is 11.8 Å². The number of sulfonamides is 1. The number of rotatable bonds is 7. The van der Waals surface area contributed by atoms with E-state index in [2.05, 4.69) is 10.2 Å². The van der Waals surface area contributed by atoms with Gasteiger partial charge in [-0.1, -0.05) is 25.1 Å². The van der Waals surface area contributed by atoms with Gasteiger partial charge in [0.15, 0.2) is 0 Å². The summed E-state index contributed by atoms with van der Waals surface area (Å²) in [5.41, 5.74) is 3.00. The molecule has 1 saturated heterocycles. The normalized spacial score (nSPS) is 15.4. The van der Waals surface area contributed by atoms with Crippen LogP contribution in [0.4, 0.5) is 5.69 Å². The topological polar surface area (TPSA) is 114 Å². The van der Waals surface area contributed by atoms with E-state index in [1.807, 2.05) is 66.2 Å². The van der Waals surface area contributed by atoms with Crippen LogP contribution in [0, 0.1) is 5.92 Å². The van der Waals surface area contributed by atoms with Crippen molar-refractivity contribution in [3.05, 3.63) is 66.4 Å². The predicted molar refractivity (Wildman–Crippen MR) is 135 cm³/mol. The smallest absolute Gasteiger partial charge is 0.247 e. The van der Waals surface area contributed by atoms with E-state index in [0.29, 0.717) is 56.3 Å². The SMILES string of the molecule is CCc1nnc(-c2ccn3cc(CN(C(=O)C4CCN(S(C)(=O)=O)CC4)c4ccccc4)nc3c2)o1. The zero-order valence-corrected chi connectivity index (χ0v) is 21.1. The van der Waals surface area contributed by atoms with Crippen molar-refractivity contribution < 1.29 is 17.6 Å². The molecule has 1 amide bonds. The lowest BCUT2D eigenvalue weighted by molar-refractivity contribution is -0.123. The first-order chi connectivity index (χ1) is 17.3. The Morgan fingerprint density at radius 2 is 1.89 bits per heavy atom. The average molecular weight is 509 g/mol. The maximum absolute atomic E-state index is 13.6. The number of nitrogens with zero attached hydrogens (tertiary/aromatic N) is 6. The van der Waals surface area contributed by atoms with Gasteiger partial charge < -0.3 is 13.7 Å². The van der Waals surface area contributed by atoms with Crippen LogP contribution in [-0.2, 0) is 27.8 Å². The Kier molecular flexibility index (Phi) is 6.59. The lowest BCUT2D eigenvalue weighted by Crippen LogP contribution is -2.44. The third-order valence-electron chi connectivity index (χ3n) is 6.45. The molecule has 4 aromatic rings. The van der Waals surface area contributed by atoms with Gasteiger partial charge in [0.25, 0.3) is 0 Å². The van der Waals surface area contributed by atoms with E-state index in [4.69, 9.17) is 9.40 Å². The Morgan fingerprint density at radius 1 is 1.14 bits per heavy atom. The van der Waals surface area contributed by atoms with E-state index in [1.165, 1.54) is 10.6 Å². The molecule has 1 aliphatic rings. The van der Waals surface area contributed by atoms with Crippen molar-refractivity contribution in [2.45, 2.75) is 32.7 Å². The summed E-state index contributed by atoms with van der Waals surface area (Å²) in [6, 6.07) is 13.3. The molecule has 36 heavy (non-hydrogen) atoms. The number of fused-ring (bicyclic) bond motifs is 1. The highest BCUT2D eigenvalue weighted by Crippen LogP contribution is 2.26. The molecular weight excluding hydrogens is 480 g/mol. The Balaban J connectivity index is 1.39. The van der Waals surface area contributed by atoms with E-state index in [0.717, 1.165) is 16.9 Å². The minimum atomic E-state index is -3.25. The van der Waals surface area contributed by atoms with Crippen molar-refractivity contribution >= 4 is 27.3 Å². The van der Waals surface area contributed by atoms with Crippen LogP contribution in [0.1, 0.15) is 31.4 Å². The molecule has 0 bridgehead atoms. The molecule has 188 valence electrons. The molecule has 1 aliphatic heterocycles. The number of carbonyl (C=O) groups is 1. The summed E-state index contributed by atoms with van der Waals surface area (Å²) in [4.78, 5) is 20.1. The lowest BCUT2D eigenvalue weighted by Gasteiger charge is -2.33. The fourth-order valence-electron chi connectivity index (χ4n) is 4.48. The number of hydrogen-bond donors (Lipinski definition) is 0. The summed E-state index contributed by atoms with van der Waals surface area (Å²) >= 11 is 0. The number of imidazole rings is 1. The molecule has 1 aromatic carbocycles. The summed E-state index contributed by atoms with van der Waals surface area (Å²) in [6.07, 6.45) is 6.65. The van der Waals surface area contributed by atoms with Gasteiger partial charge in [-0.2, -0.15) is 0 Å². The maximum Gasteiger partial charge on any atom is 0.247 e. The fraction of sp³-hybridized carbons (Fsp3) is 0.360. The second kappa shape index (κ2) is 9.82. The first-order valence-corrected chi connectivity index (χ1v) is 13.8. The van der Waals surface area contributed by atoms with Gasteiger partial charge in [-0.15, -0.1) is 10.2 Å². The maximum atomic E-state index is 13.6. The highest BCUT2D eigenvalue weighted by molar-refractivity contribution is 7.88. The van der Waals surface area contributed by atoms with Gasteiger partial charge in [0.05, 0.1) is 18.5 Å². The number of amides is 1. The molecule has 0 radical (unpaired) electrons. The third kappa shape index (κ3) is 5.02. The number of anilines is 1. The summed E-state index contributed by atoms with van der Waals surface area (Å²) in [7, 11) is -3.25. The standard InChI is InChI=1S/C25H28N6O4S/c1-3-23-27-28-24(35-23)19-9-12-29-16-20(26-22(29)15-19)17-31(21-7-5-4-6-8-21)25(32)18-10-13-30(14-11-18)36(2,33)34/h4-9,12,15-16,18H,3,10-11,13-14,17H2,1-2H3. The number of hydrogen-bond acceptors (Lipinski definition) is 7. The van der Waals surface area contributed by atoms with E-state index >= 15 is 0 Å². The monoisotopic (exact) mass is 508 g/mol. The van der Waals surface area contributed by atoms with Crippen molar-refractivity contribution in [1.29, 1.82) is 0 Å². The fourth-order valence-corrected chi connectivity index (χ4v) is 5.35. The van der Waals surface area contributed by atoms with Gasteiger partial charge >= 0.3 is 0 Å². The molecule has 10 nitrogen and oxygen atoms in total. The number of pyridine rings is 1. The quantitative estimate of drug-likeness (QED) is 0.377. The molecule has 0 N–H and O–H groups in total. The Hall–Kier alpha value is -3.57. The van der Waals surface area contributed by atoms with Crippen LogP contribution in [0.15, 0.2) is 59.3 Å². The minimum Gasteiger partial charge on any atom is -0.421 e. The van der Waals surface area contributed by atoms with Crippen LogP contribution in [0.25, 0.3) is 17.1 Å². The average Bonchev–Trinajstić information content (AvgIpc) is 3.53. The van der Waals surface area contributed by atoms with Crippen molar-refractivity contribution in [3.63, 3.8) is 0 Å². The number of aryl methyl sites for hydroxylation is 1. The highest BCUT2D eigenvalue weighted by atomic mass is 32.2. The molecule has 0 spiro atoms. The van der Waals surface area contributed by atoms with Crippen molar-refractivity contribution in [2.24, 2.45) is 5.92 Å². The summed E-state index contributed by atoms with van der Waals surface area (Å²) in [5.74, 6) is 0.746. The largest absolute Gasteiger partial charge is 0.421 e. The lowest BCUT2D eigenvalue weighted by atomic mass is 9.96. The van der Waals surface area contributed by atoms with Crippen LogP contribution in [0.5, 0.6) is 0 Å². The predicted octanol–water partition coefficient (Wildman–Crippen LogP) is 3.15. The third-order valence-corrected chi connectivity index (χ3v) is 7.76. The first kappa shape index (κ1) is 24.1. The van der Waals surface area contributed by atoms with E-state index < -0.39 is 10.0 Å². The molecule has 0 saturated carbocycles. The van der Waals surface area contributed by atoms with Crippen LogP contribution in [0.3, 0.4) is 0 Å². The van der Waals surface area contributed by atoms with Crippen LogP contribution >= 0.6 is 0 Å². The zero-order valence-electron chi connectivity index (χ0n) is 20.2. The summed E-state index contributed by atoms with van der Waals surface area (Å²) < 4.78 is 32.8. The first-order valence-electron chi connectivity index (χ1n) is 11.9. The van der Waals surface area contributed by atoms with Gasteiger partial charge in [-0.25, -0.2) is 17.7 Å². The molecule has 11 heteroatoms. The van der Waals surface area contributed by atoms with Gasteiger partial charge in [0, 0.05) is 49.1 Å². The van der Waals surface area contributed by atoms with Crippen molar-refractivity contribution in [3.8, 4) is 11.5 Å². The molecule has 0 unspecified atom stereocenters. The summed E-state index contributed by atoms with van der Waals surface area (Å²) in [5, 5.41) is 8.13. The van der Waals surface area contributed by atoms with Gasteiger partial charge in [0.1, 0.15) is 5.65 Å². The molecule has 0 atom stereocenters. The zero-order chi connectivity index (χ0) is 25.3. The van der Waals surface area contributed by atoms with Gasteiger partial charge in [0.2, 0.25) is 27.7 Å². The second-order valence-electron chi connectivity index (χ2n) is 8.96. The Labute approximate surface area is 209 Å². The minimum absolute atomic E-state index is 0.0231. The molecule has 3 aromatic heterocycles. The van der Waals surface area contributed by atoms with Crippen molar-refractivity contribution in [1.82, 2.24) is 23.9 Å². The molecule has 4 heterocycles. The highest BCUT2D eigenvalue weighted by Gasteiger charge is 2.32. The Bertz CT molecular complexity index is 1470. The van der Waals surface area contributed by atoms with Crippen LogP contribution < -0.4 is 4.90 Å². The van der Waals surface area contributed by atoms with E-state index in [1.54, 1.807) is 4.90 Å². The number of para-hydroxylation sites is 1. The summed E-state index contributed by atoms with van der Waals surface area (Å²) in [6.45, 7) is 2.96. The molecule has 1 fully saturated rings. The molecule has 0 aliphatic carbocycles. The van der Waals surface area contributed by atoms with Crippen LogP contribution in [-0.4, -0.2) is 57.6 Å². The van der Waals surface area contributed by atoms with Crippen molar-refractivity contribution in [2.75, 3.05) is 24.2 Å². The molecule has 5 rings (SSSR count). The van der Waals surface area contributed by atoms with Crippen LogP contribution in [0.2, 0.25) is 0 Å². The van der Waals surface area contributed by atoms with Gasteiger partial charge in [-0.05, 0) is 37.1 Å². The Morgan fingerprint density at radius 3 is 2.56 bits per heavy atom. The number of aromatic nitrogens is 4. The number of carbonyl (C=O) groups excluding carboxylic acids is 1. The van der Waals surface area contributed by atoms with Gasteiger partial charge in [-0.3, -0.25) is 4.79 Å². The molecular formula is C25H28N6O4S. The number of piperidine rings is 1. The number of benzene rings is 1.